The molecule has 1 heterocycles. The first kappa shape index (κ1) is 37.4. The number of nitrogens with two attached hydrogens (primary N) is 1. The first-order chi connectivity index (χ1) is 22.5. The Morgan fingerprint density at radius 2 is 1.38 bits per heavy atom. The fourth-order valence-electron chi connectivity index (χ4n) is 6.38. The van der Waals surface area contributed by atoms with Crippen LogP contribution >= 0.6 is 0 Å². The van der Waals surface area contributed by atoms with Crippen molar-refractivity contribution >= 4 is 29.4 Å². The average Bonchev–Trinajstić information content (AvgIpc) is 3.52. The molecule has 0 aliphatic carbocycles. The molecule has 2 aromatic carbocycles. The number of carbonyl (C=O) groups is 5. The van der Waals surface area contributed by atoms with Gasteiger partial charge in [-0.2, -0.15) is 0 Å². The molecule has 3 unspecified atom stereocenters. The number of nitrogens with zero attached hydrogens (tertiary/aromatic N) is 1. The van der Waals surface area contributed by atoms with E-state index in [-0.39, 0.29) is 35.5 Å². The monoisotopic (exact) mass is 647 g/mol. The highest BCUT2D eigenvalue weighted by Crippen LogP contribution is 2.42. The molecule has 3 rings (SSSR count). The smallest absolute Gasteiger partial charge is 0.251 e. The standard InChI is InChI=1S/C37H53N5O5/c1-5-30(42-24-10-15-31(42)43)25-37(4,26-36(3,6-2)34(46)40-21-11-20-38)35(47)41-23-12-22-39-33(45)29-18-16-28(17-19-29)32(44)27-13-8-7-9-14-27/h7-9,13-14,16-19,30H,5-6,10-12,15,20-26,38H2,1-4H3,(H,39,45)(H,40,46)(H,41,47). The first-order valence-electron chi connectivity index (χ1n) is 17.0. The lowest BCUT2D eigenvalue weighted by Crippen LogP contribution is -2.50. The minimum atomic E-state index is -0.915. The van der Waals surface area contributed by atoms with Crippen LogP contribution in [0.2, 0.25) is 0 Å². The van der Waals surface area contributed by atoms with Crippen molar-refractivity contribution in [1.82, 2.24) is 20.9 Å². The lowest BCUT2D eigenvalue weighted by Gasteiger charge is -2.41. The SMILES string of the molecule is CCC(CC(C)(CC(C)(CC)C(=O)NCCCN)C(=O)NCCCNC(=O)c1ccc(C(=O)c2ccccc2)cc1)N1CCCC1=O. The van der Waals surface area contributed by atoms with Gasteiger partial charge in [0.2, 0.25) is 17.7 Å². The molecule has 1 saturated heterocycles. The molecule has 1 aliphatic heterocycles. The molecule has 4 amide bonds. The molecule has 0 bridgehead atoms. The number of rotatable bonds is 19. The lowest BCUT2D eigenvalue weighted by atomic mass is 9.67. The normalized spacial score (nSPS) is 16.1. The number of nitrogens with one attached hydrogen (secondary N) is 3. The third-order valence-electron chi connectivity index (χ3n) is 9.40. The van der Waals surface area contributed by atoms with E-state index in [4.69, 9.17) is 5.73 Å². The van der Waals surface area contributed by atoms with Gasteiger partial charge in [-0.3, -0.25) is 24.0 Å². The Hall–Kier alpha value is -4.05. The number of hydrogen-bond acceptors (Lipinski definition) is 6. The first-order valence-corrected chi connectivity index (χ1v) is 17.0. The predicted molar refractivity (Wildman–Crippen MR) is 184 cm³/mol. The Morgan fingerprint density at radius 3 is 1.96 bits per heavy atom. The highest BCUT2D eigenvalue weighted by molar-refractivity contribution is 6.09. The summed E-state index contributed by atoms with van der Waals surface area (Å²) >= 11 is 0. The van der Waals surface area contributed by atoms with Crippen LogP contribution in [0.5, 0.6) is 0 Å². The molecule has 2 aromatic rings. The minimum Gasteiger partial charge on any atom is -0.356 e. The lowest BCUT2D eigenvalue weighted by molar-refractivity contribution is -0.141. The second-order valence-electron chi connectivity index (χ2n) is 13.1. The summed E-state index contributed by atoms with van der Waals surface area (Å²) in [7, 11) is 0. The van der Waals surface area contributed by atoms with Gasteiger partial charge >= 0.3 is 0 Å². The van der Waals surface area contributed by atoms with Crippen molar-refractivity contribution < 1.29 is 24.0 Å². The zero-order chi connectivity index (χ0) is 34.5. The van der Waals surface area contributed by atoms with Crippen molar-refractivity contribution in [2.75, 3.05) is 32.7 Å². The minimum absolute atomic E-state index is 0.0991. The summed E-state index contributed by atoms with van der Waals surface area (Å²) in [6.07, 6.45) is 4.57. The molecule has 0 aromatic heterocycles. The summed E-state index contributed by atoms with van der Waals surface area (Å²) in [6.45, 7) is 10.1. The molecule has 1 fully saturated rings. The Kier molecular flexibility index (Phi) is 14.1. The third kappa shape index (κ3) is 10.2. The largest absolute Gasteiger partial charge is 0.356 e. The van der Waals surface area contributed by atoms with E-state index in [9.17, 15) is 24.0 Å². The van der Waals surface area contributed by atoms with Gasteiger partial charge in [-0.05, 0) is 63.6 Å². The van der Waals surface area contributed by atoms with E-state index in [0.29, 0.717) is 94.4 Å². The molecule has 3 atom stereocenters. The zero-order valence-corrected chi connectivity index (χ0v) is 28.5. The molecule has 5 N–H and O–H groups in total. The number of amides is 4. The van der Waals surface area contributed by atoms with E-state index < -0.39 is 10.8 Å². The van der Waals surface area contributed by atoms with Crippen molar-refractivity contribution in [2.45, 2.75) is 85.1 Å². The van der Waals surface area contributed by atoms with Crippen LogP contribution in [0, 0.1) is 10.8 Å². The molecular weight excluding hydrogens is 594 g/mol. The van der Waals surface area contributed by atoms with Crippen LogP contribution in [0.25, 0.3) is 0 Å². The summed E-state index contributed by atoms with van der Waals surface area (Å²) in [6, 6.07) is 15.4. The number of likely N-dealkylation sites (tertiary alicyclic amines) is 1. The molecule has 0 spiro atoms. The van der Waals surface area contributed by atoms with E-state index >= 15 is 0 Å². The van der Waals surface area contributed by atoms with Crippen LogP contribution < -0.4 is 21.7 Å². The van der Waals surface area contributed by atoms with Gasteiger partial charge in [0.25, 0.3) is 5.91 Å². The van der Waals surface area contributed by atoms with Crippen molar-refractivity contribution in [3.8, 4) is 0 Å². The molecular formula is C37H53N5O5. The molecule has 1 aliphatic rings. The van der Waals surface area contributed by atoms with Crippen LogP contribution in [0.15, 0.2) is 54.6 Å². The van der Waals surface area contributed by atoms with E-state index in [0.717, 1.165) is 6.42 Å². The van der Waals surface area contributed by atoms with Crippen LogP contribution in [0.1, 0.15) is 105 Å². The van der Waals surface area contributed by atoms with Gasteiger partial charge in [-0.15, -0.1) is 0 Å². The number of carbonyl (C=O) groups excluding carboxylic acids is 5. The Labute approximate surface area is 279 Å². The maximum atomic E-state index is 13.9. The molecule has 47 heavy (non-hydrogen) atoms. The van der Waals surface area contributed by atoms with Crippen LogP contribution in [-0.4, -0.2) is 73.1 Å². The van der Waals surface area contributed by atoms with E-state index in [2.05, 4.69) is 16.0 Å². The number of hydrogen-bond donors (Lipinski definition) is 4. The number of ketones is 1. The molecule has 256 valence electrons. The van der Waals surface area contributed by atoms with Gasteiger partial charge in [-0.25, -0.2) is 0 Å². The van der Waals surface area contributed by atoms with Gasteiger partial charge in [0.15, 0.2) is 5.78 Å². The fourth-order valence-corrected chi connectivity index (χ4v) is 6.38. The summed E-state index contributed by atoms with van der Waals surface area (Å²) in [5, 5.41) is 8.94. The highest BCUT2D eigenvalue weighted by atomic mass is 16.2. The van der Waals surface area contributed by atoms with Crippen molar-refractivity contribution in [3.63, 3.8) is 0 Å². The topological polar surface area (TPSA) is 151 Å². The van der Waals surface area contributed by atoms with Gasteiger partial charge in [0, 0.05) is 66.2 Å². The van der Waals surface area contributed by atoms with Crippen LogP contribution in [-0.2, 0) is 14.4 Å². The summed E-state index contributed by atoms with van der Waals surface area (Å²) in [5.41, 5.74) is 5.44. The van der Waals surface area contributed by atoms with Gasteiger partial charge in [-0.1, -0.05) is 70.2 Å². The van der Waals surface area contributed by atoms with Crippen LogP contribution in [0.3, 0.4) is 0 Å². The summed E-state index contributed by atoms with van der Waals surface area (Å²) < 4.78 is 0. The van der Waals surface area contributed by atoms with E-state index in [1.54, 1.807) is 36.4 Å². The fraction of sp³-hybridized carbons (Fsp3) is 0.541. The Balaban J connectivity index is 1.61. The second-order valence-corrected chi connectivity index (χ2v) is 13.1. The third-order valence-corrected chi connectivity index (χ3v) is 9.40. The summed E-state index contributed by atoms with van der Waals surface area (Å²) in [5.74, 6) is -0.519. The van der Waals surface area contributed by atoms with Crippen LogP contribution in [0.4, 0.5) is 0 Å². The zero-order valence-electron chi connectivity index (χ0n) is 28.5. The van der Waals surface area contributed by atoms with E-state index in [1.807, 2.05) is 50.8 Å². The van der Waals surface area contributed by atoms with Gasteiger partial charge in [0.05, 0.1) is 0 Å². The quantitative estimate of drug-likeness (QED) is 0.132. The van der Waals surface area contributed by atoms with Crippen molar-refractivity contribution in [3.05, 3.63) is 71.3 Å². The maximum Gasteiger partial charge on any atom is 0.251 e. The van der Waals surface area contributed by atoms with Crippen molar-refractivity contribution in [2.24, 2.45) is 16.6 Å². The molecule has 10 nitrogen and oxygen atoms in total. The van der Waals surface area contributed by atoms with Crippen molar-refractivity contribution in [1.29, 1.82) is 0 Å². The van der Waals surface area contributed by atoms with E-state index in [1.165, 1.54) is 0 Å². The summed E-state index contributed by atoms with van der Waals surface area (Å²) in [4.78, 5) is 67.2. The predicted octanol–water partition coefficient (Wildman–Crippen LogP) is 4.22. The number of benzene rings is 2. The molecule has 10 heteroatoms. The maximum absolute atomic E-state index is 13.9. The highest BCUT2D eigenvalue weighted by Gasteiger charge is 2.45. The average molecular weight is 648 g/mol. The van der Waals surface area contributed by atoms with Gasteiger partial charge in [0.1, 0.15) is 0 Å². The van der Waals surface area contributed by atoms with Gasteiger partial charge < -0.3 is 26.6 Å². The Morgan fingerprint density at radius 1 is 0.809 bits per heavy atom. The Bertz CT molecular complexity index is 1360. The molecule has 0 radical (unpaired) electrons. The molecule has 0 saturated carbocycles. The second kappa shape index (κ2) is 17.8.